The van der Waals surface area contributed by atoms with Crippen molar-refractivity contribution in [1.82, 2.24) is 0 Å². The standard InChI is InChI=1S/C16H14F2O/c1-2-4-11-5-3-6-12(9-11)16(19)14-8-7-13(17)10-15(14)18/h3,5-10H,2,4H2,1H3. The molecule has 0 saturated heterocycles. The molecule has 3 heteroatoms. The minimum atomic E-state index is -0.828. The van der Waals surface area contributed by atoms with E-state index in [1.165, 1.54) is 6.07 Å². The molecule has 0 aliphatic heterocycles. The Bertz CT molecular complexity index is 605. The summed E-state index contributed by atoms with van der Waals surface area (Å²) < 4.78 is 26.4. The maximum atomic E-state index is 13.6. The topological polar surface area (TPSA) is 17.1 Å². The lowest BCUT2D eigenvalue weighted by Crippen LogP contribution is -2.05. The Morgan fingerprint density at radius 1 is 1.11 bits per heavy atom. The van der Waals surface area contributed by atoms with Crippen LogP contribution in [0.25, 0.3) is 0 Å². The number of ketones is 1. The Kier molecular flexibility index (Phi) is 4.05. The Morgan fingerprint density at radius 2 is 1.89 bits per heavy atom. The van der Waals surface area contributed by atoms with Crippen molar-refractivity contribution < 1.29 is 13.6 Å². The Balaban J connectivity index is 2.35. The Labute approximate surface area is 110 Å². The number of benzene rings is 2. The minimum absolute atomic E-state index is 0.102. The number of hydrogen-bond acceptors (Lipinski definition) is 1. The van der Waals surface area contributed by atoms with Crippen molar-refractivity contribution in [3.63, 3.8) is 0 Å². The summed E-state index contributed by atoms with van der Waals surface area (Å²) in [6, 6.07) is 10.1. The van der Waals surface area contributed by atoms with Crippen LogP contribution in [0.3, 0.4) is 0 Å². The van der Waals surface area contributed by atoms with Gasteiger partial charge >= 0.3 is 0 Å². The highest BCUT2D eigenvalue weighted by Gasteiger charge is 2.14. The third kappa shape index (κ3) is 3.05. The zero-order chi connectivity index (χ0) is 13.8. The van der Waals surface area contributed by atoms with Gasteiger partial charge in [-0.1, -0.05) is 31.5 Å². The molecule has 1 nitrogen and oxygen atoms in total. The van der Waals surface area contributed by atoms with Crippen LogP contribution in [0.15, 0.2) is 42.5 Å². The molecular formula is C16H14F2O. The van der Waals surface area contributed by atoms with Gasteiger partial charge in [-0.2, -0.15) is 0 Å². The Hall–Kier alpha value is -2.03. The normalized spacial score (nSPS) is 10.5. The first kappa shape index (κ1) is 13.4. The van der Waals surface area contributed by atoms with Crippen LogP contribution >= 0.6 is 0 Å². The van der Waals surface area contributed by atoms with Gasteiger partial charge in [0.2, 0.25) is 0 Å². The molecule has 0 heterocycles. The first-order chi connectivity index (χ1) is 9.11. The fourth-order valence-electron chi connectivity index (χ4n) is 1.99. The van der Waals surface area contributed by atoms with Crippen molar-refractivity contribution in [3.8, 4) is 0 Å². The summed E-state index contributed by atoms with van der Waals surface area (Å²) in [5, 5.41) is 0. The van der Waals surface area contributed by atoms with E-state index in [-0.39, 0.29) is 5.56 Å². The van der Waals surface area contributed by atoms with Gasteiger partial charge in [0.1, 0.15) is 11.6 Å². The summed E-state index contributed by atoms with van der Waals surface area (Å²) in [5.41, 5.74) is 1.36. The van der Waals surface area contributed by atoms with E-state index in [1.54, 1.807) is 18.2 Å². The average Bonchev–Trinajstić information content (AvgIpc) is 2.39. The summed E-state index contributed by atoms with van der Waals surface area (Å²) in [4.78, 5) is 12.2. The second kappa shape index (κ2) is 5.74. The lowest BCUT2D eigenvalue weighted by atomic mass is 9.99. The van der Waals surface area contributed by atoms with Crippen LogP contribution in [0, 0.1) is 11.6 Å². The predicted octanol–water partition coefficient (Wildman–Crippen LogP) is 4.15. The molecule has 0 fully saturated rings. The quantitative estimate of drug-likeness (QED) is 0.755. The monoisotopic (exact) mass is 260 g/mol. The summed E-state index contributed by atoms with van der Waals surface area (Å²) in [5.74, 6) is -1.94. The highest BCUT2D eigenvalue weighted by atomic mass is 19.1. The lowest BCUT2D eigenvalue weighted by molar-refractivity contribution is 0.103. The largest absolute Gasteiger partial charge is 0.288 e. The third-order valence-corrected chi connectivity index (χ3v) is 2.90. The van der Waals surface area contributed by atoms with Crippen molar-refractivity contribution in [2.75, 3.05) is 0 Å². The minimum Gasteiger partial charge on any atom is -0.288 e. The molecule has 0 radical (unpaired) electrons. The van der Waals surface area contributed by atoms with Gasteiger partial charge in [0.05, 0.1) is 5.56 Å². The summed E-state index contributed by atoms with van der Waals surface area (Å²) in [6.45, 7) is 2.05. The van der Waals surface area contributed by atoms with E-state index in [4.69, 9.17) is 0 Å². The maximum Gasteiger partial charge on any atom is 0.195 e. The van der Waals surface area contributed by atoms with Crippen LogP contribution in [-0.2, 0) is 6.42 Å². The smallest absolute Gasteiger partial charge is 0.195 e. The zero-order valence-corrected chi connectivity index (χ0v) is 10.6. The number of hydrogen-bond donors (Lipinski definition) is 0. The van der Waals surface area contributed by atoms with Crippen molar-refractivity contribution in [3.05, 3.63) is 70.8 Å². The molecule has 0 aliphatic rings. The van der Waals surface area contributed by atoms with Crippen LogP contribution in [0.4, 0.5) is 8.78 Å². The second-order valence-corrected chi connectivity index (χ2v) is 4.40. The molecule has 0 atom stereocenters. The molecule has 2 aromatic rings. The fraction of sp³-hybridized carbons (Fsp3) is 0.188. The summed E-state index contributed by atoms with van der Waals surface area (Å²) in [6.07, 6.45) is 1.84. The molecular weight excluding hydrogens is 246 g/mol. The van der Waals surface area contributed by atoms with Gasteiger partial charge in [-0.15, -0.1) is 0 Å². The molecule has 0 aromatic heterocycles. The molecule has 0 saturated carbocycles. The van der Waals surface area contributed by atoms with E-state index >= 15 is 0 Å². The molecule has 0 unspecified atom stereocenters. The van der Waals surface area contributed by atoms with E-state index < -0.39 is 17.4 Å². The number of carbonyl (C=O) groups excluding carboxylic acids is 1. The molecule has 98 valence electrons. The van der Waals surface area contributed by atoms with E-state index in [0.717, 1.165) is 30.5 Å². The van der Waals surface area contributed by atoms with E-state index in [2.05, 4.69) is 0 Å². The highest BCUT2D eigenvalue weighted by molar-refractivity contribution is 6.09. The highest BCUT2D eigenvalue weighted by Crippen LogP contribution is 2.16. The number of carbonyl (C=O) groups is 1. The van der Waals surface area contributed by atoms with Gasteiger partial charge in [0.25, 0.3) is 0 Å². The van der Waals surface area contributed by atoms with Gasteiger partial charge < -0.3 is 0 Å². The lowest BCUT2D eigenvalue weighted by Gasteiger charge is -2.05. The van der Waals surface area contributed by atoms with Gasteiger partial charge in [-0.05, 0) is 30.2 Å². The first-order valence-corrected chi connectivity index (χ1v) is 6.20. The molecule has 0 bridgehead atoms. The van der Waals surface area contributed by atoms with Crippen LogP contribution < -0.4 is 0 Å². The van der Waals surface area contributed by atoms with E-state index in [0.29, 0.717) is 5.56 Å². The fourth-order valence-corrected chi connectivity index (χ4v) is 1.99. The molecule has 19 heavy (non-hydrogen) atoms. The molecule has 2 aromatic carbocycles. The maximum absolute atomic E-state index is 13.6. The van der Waals surface area contributed by atoms with Crippen molar-refractivity contribution in [2.45, 2.75) is 19.8 Å². The number of halogens is 2. The zero-order valence-electron chi connectivity index (χ0n) is 10.6. The summed E-state index contributed by atoms with van der Waals surface area (Å²) in [7, 11) is 0. The van der Waals surface area contributed by atoms with Crippen LogP contribution in [-0.4, -0.2) is 5.78 Å². The molecule has 0 aliphatic carbocycles. The predicted molar refractivity (Wildman–Crippen MR) is 70.2 cm³/mol. The SMILES string of the molecule is CCCc1cccc(C(=O)c2ccc(F)cc2F)c1. The molecule has 0 amide bonds. The number of aryl methyl sites for hydroxylation is 1. The van der Waals surface area contributed by atoms with Gasteiger partial charge in [0, 0.05) is 11.6 Å². The van der Waals surface area contributed by atoms with Gasteiger partial charge in [-0.3, -0.25) is 4.79 Å². The van der Waals surface area contributed by atoms with Crippen molar-refractivity contribution >= 4 is 5.78 Å². The molecule has 0 N–H and O–H groups in total. The number of rotatable bonds is 4. The van der Waals surface area contributed by atoms with Gasteiger partial charge in [-0.25, -0.2) is 8.78 Å². The Morgan fingerprint density at radius 3 is 2.58 bits per heavy atom. The van der Waals surface area contributed by atoms with Crippen molar-refractivity contribution in [1.29, 1.82) is 0 Å². The molecule has 0 spiro atoms. The summed E-state index contributed by atoms with van der Waals surface area (Å²) >= 11 is 0. The second-order valence-electron chi connectivity index (χ2n) is 4.40. The van der Waals surface area contributed by atoms with Crippen LogP contribution in [0.2, 0.25) is 0 Å². The third-order valence-electron chi connectivity index (χ3n) is 2.90. The van der Waals surface area contributed by atoms with Crippen molar-refractivity contribution in [2.24, 2.45) is 0 Å². The van der Waals surface area contributed by atoms with Crippen LogP contribution in [0.1, 0.15) is 34.8 Å². The van der Waals surface area contributed by atoms with Crippen LogP contribution in [0.5, 0.6) is 0 Å². The van der Waals surface area contributed by atoms with E-state index in [9.17, 15) is 13.6 Å². The molecule has 2 rings (SSSR count). The van der Waals surface area contributed by atoms with Gasteiger partial charge in [0.15, 0.2) is 5.78 Å². The average molecular weight is 260 g/mol. The van der Waals surface area contributed by atoms with E-state index in [1.807, 2.05) is 13.0 Å². The first-order valence-electron chi connectivity index (χ1n) is 6.20.